The van der Waals surface area contributed by atoms with Crippen LogP contribution in [-0.4, -0.2) is 80.1 Å². The van der Waals surface area contributed by atoms with E-state index in [1.807, 2.05) is 0 Å². The van der Waals surface area contributed by atoms with Gasteiger partial charge in [-0.25, -0.2) is 9.79 Å². The molecule has 0 unspecified atom stereocenters. The van der Waals surface area contributed by atoms with Gasteiger partial charge >= 0.3 is 23.9 Å². The third-order valence-corrected chi connectivity index (χ3v) is 4.98. The van der Waals surface area contributed by atoms with Crippen LogP contribution in [0.1, 0.15) is 43.6 Å². The minimum absolute atomic E-state index is 0.156. The lowest BCUT2D eigenvalue weighted by Gasteiger charge is -2.43. The van der Waals surface area contributed by atoms with E-state index in [1.54, 1.807) is 24.3 Å². The number of hydrogen-bond donors (Lipinski definition) is 1. The van der Waals surface area contributed by atoms with E-state index in [0.717, 1.165) is 19.4 Å². The quantitative estimate of drug-likeness (QED) is 0.280. The highest BCUT2D eigenvalue weighted by Crippen LogP contribution is 2.27. The molecule has 1 saturated heterocycles. The Labute approximate surface area is 213 Å². The summed E-state index contributed by atoms with van der Waals surface area (Å²) in [5.74, 6) is -2.99. The number of esters is 4. The van der Waals surface area contributed by atoms with Crippen molar-refractivity contribution in [3.8, 4) is 0 Å². The molecule has 2 rings (SSSR count). The lowest BCUT2D eigenvalue weighted by atomic mass is 9.95. The Morgan fingerprint density at radius 2 is 1.57 bits per heavy atom. The Kier molecular flexibility index (Phi) is 10.9. The van der Waals surface area contributed by atoms with E-state index in [4.69, 9.17) is 18.9 Å². The van der Waals surface area contributed by atoms with E-state index >= 15 is 0 Å². The Balaban J connectivity index is 2.33. The molecular formula is C24H29N3O10. The van der Waals surface area contributed by atoms with Crippen molar-refractivity contribution in [1.82, 2.24) is 5.32 Å². The number of amides is 1. The highest BCUT2D eigenvalue weighted by atomic mass is 16.6. The van der Waals surface area contributed by atoms with Crippen molar-refractivity contribution in [2.24, 2.45) is 9.98 Å². The maximum absolute atomic E-state index is 11.9. The van der Waals surface area contributed by atoms with Crippen molar-refractivity contribution < 1.29 is 47.7 Å². The average Bonchev–Trinajstić information content (AvgIpc) is 2.83. The lowest BCUT2D eigenvalue weighted by molar-refractivity contribution is -0.222. The van der Waals surface area contributed by atoms with Gasteiger partial charge in [0.15, 0.2) is 18.4 Å². The zero-order valence-electron chi connectivity index (χ0n) is 21.1. The predicted octanol–water partition coefficient (Wildman–Crippen LogP) is 0.803. The molecule has 1 N–H and O–H groups in total. The van der Waals surface area contributed by atoms with Gasteiger partial charge in [-0.1, -0.05) is 12.1 Å². The summed E-state index contributed by atoms with van der Waals surface area (Å²) in [6, 6.07) is 7.96. The highest BCUT2D eigenvalue weighted by molar-refractivity contribution is 5.89. The van der Waals surface area contributed by atoms with E-state index in [-0.39, 0.29) is 13.2 Å². The molecular weight excluding hydrogens is 490 g/mol. The molecule has 5 atom stereocenters. The van der Waals surface area contributed by atoms with Gasteiger partial charge in [0.25, 0.3) is 0 Å². The highest BCUT2D eigenvalue weighted by Gasteiger charge is 2.50. The zero-order valence-corrected chi connectivity index (χ0v) is 21.1. The summed E-state index contributed by atoms with van der Waals surface area (Å²) in [6.07, 6.45) is -4.70. The molecule has 0 aromatic heterocycles. The first-order valence-corrected chi connectivity index (χ1v) is 11.2. The van der Waals surface area contributed by atoms with Gasteiger partial charge in [-0.3, -0.25) is 19.2 Å². The fraction of sp³-hybridized carbons (Fsp3) is 0.500. The molecule has 0 radical (unpaired) electrons. The van der Waals surface area contributed by atoms with Crippen molar-refractivity contribution in [3.63, 3.8) is 0 Å². The molecule has 37 heavy (non-hydrogen) atoms. The first-order chi connectivity index (χ1) is 17.5. The summed E-state index contributed by atoms with van der Waals surface area (Å²) in [5, 5.41) is 2.60. The Bertz CT molecular complexity index is 1070. The second kappa shape index (κ2) is 13.9. The van der Waals surface area contributed by atoms with Crippen LogP contribution in [0.2, 0.25) is 0 Å². The number of nitrogens with zero attached hydrogens (tertiary/aromatic N) is 2. The van der Waals surface area contributed by atoms with Crippen LogP contribution in [0.5, 0.6) is 0 Å². The largest absolute Gasteiger partial charge is 0.465 e. The lowest BCUT2D eigenvalue weighted by Crippen LogP contribution is -2.65. The number of benzene rings is 1. The zero-order chi connectivity index (χ0) is 27.5. The molecule has 1 heterocycles. The number of carbonyl (C=O) groups excluding carboxylic acids is 5. The fourth-order valence-electron chi connectivity index (χ4n) is 3.51. The molecule has 1 amide bonds. The summed E-state index contributed by atoms with van der Waals surface area (Å²) >= 11 is 0. The van der Waals surface area contributed by atoms with Crippen LogP contribution < -0.4 is 5.32 Å². The van der Waals surface area contributed by atoms with Gasteiger partial charge in [-0.2, -0.15) is 4.99 Å². The maximum atomic E-state index is 11.9. The SMILES string of the molecule is COC(=O)c1ccc(CN=C=N[C@@H]2O[C@H](COC(C)=O)[C@@H](OC(C)=O)[C@H](OC(C)=O)[C@H]2NC(C)=O)cc1. The maximum Gasteiger partial charge on any atom is 0.337 e. The Morgan fingerprint density at radius 3 is 2.11 bits per heavy atom. The van der Waals surface area contributed by atoms with Crippen molar-refractivity contribution in [2.75, 3.05) is 13.7 Å². The van der Waals surface area contributed by atoms with Crippen molar-refractivity contribution in [1.29, 1.82) is 0 Å². The first-order valence-electron chi connectivity index (χ1n) is 11.2. The van der Waals surface area contributed by atoms with Crippen LogP contribution in [0.15, 0.2) is 34.3 Å². The summed E-state index contributed by atoms with van der Waals surface area (Å²) in [6.45, 7) is 4.54. The first kappa shape index (κ1) is 29.1. The summed E-state index contributed by atoms with van der Waals surface area (Å²) in [7, 11) is 1.29. The number of rotatable bonds is 9. The minimum Gasteiger partial charge on any atom is -0.465 e. The van der Waals surface area contributed by atoms with Gasteiger partial charge in [0, 0.05) is 27.7 Å². The van der Waals surface area contributed by atoms with Crippen LogP contribution >= 0.6 is 0 Å². The molecule has 1 aliphatic heterocycles. The molecule has 13 heteroatoms. The topological polar surface area (TPSA) is 168 Å². The molecule has 0 bridgehead atoms. The molecule has 1 aromatic rings. The number of carbonyl (C=O) groups is 5. The monoisotopic (exact) mass is 519 g/mol. The number of nitrogens with one attached hydrogen (secondary N) is 1. The van der Waals surface area contributed by atoms with Crippen molar-refractivity contribution in [3.05, 3.63) is 35.4 Å². The Morgan fingerprint density at radius 1 is 0.946 bits per heavy atom. The molecule has 200 valence electrons. The number of methoxy groups -OCH3 is 1. The van der Waals surface area contributed by atoms with Crippen LogP contribution in [-0.2, 0) is 49.4 Å². The number of ether oxygens (including phenoxy) is 5. The fourth-order valence-corrected chi connectivity index (χ4v) is 3.51. The molecule has 0 spiro atoms. The van der Waals surface area contributed by atoms with Crippen molar-refractivity contribution in [2.45, 2.75) is 64.8 Å². The Hall–Kier alpha value is -4.09. The standard InChI is InChI=1S/C24H29N3O10/c1-13(28)27-20-22(36-16(4)31)21(35-15(3)30)19(11-34-14(2)29)37-23(20)26-12-25-10-17-6-8-18(9-7-17)24(32)33-5/h6-9,19-23H,10-11H2,1-5H3,(H,27,28)/t19-,20-,21-,22-,23-/m1/s1. The normalized spacial score (nSPS) is 22.5. The predicted molar refractivity (Wildman–Crippen MR) is 125 cm³/mol. The van der Waals surface area contributed by atoms with Gasteiger partial charge in [0.2, 0.25) is 5.91 Å². The van der Waals surface area contributed by atoms with Gasteiger partial charge in [-0.05, 0) is 17.7 Å². The van der Waals surface area contributed by atoms with E-state index in [0.29, 0.717) is 5.56 Å². The third kappa shape index (κ3) is 9.13. The molecule has 1 aliphatic rings. The second-order valence-corrected chi connectivity index (χ2v) is 7.98. The van der Waals surface area contributed by atoms with Crippen LogP contribution in [0.4, 0.5) is 0 Å². The van der Waals surface area contributed by atoms with E-state index < -0.39 is 60.4 Å². The van der Waals surface area contributed by atoms with Crippen LogP contribution in [0.25, 0.3) is 0 Å². The van der Waals surface area contributed by atoms with E-state index in [2.05, 4.69) is 26.0 Å². The van der Waals surface area contributed by atoms with E-state index in [1.165, 1.54) is 21.0 Å². The molecule has 0 saturated carbocycles. The van der Waals surface area contributed by atoms with Crippen LogP contribution in [0.3, 0.4) is 0 Å². The van der Waals surface area contributed by atoms with Gasteiger partial charge in [0.05, 0.1) is 25.2 Å². The summed E-state index contributed by atoms with van der Waals surface area (Å²) in [5.41, 5.74) is 1.13. The average molecular weight is 520 g/mol. The van der Waals surface area contributed by atoms with E-state index in [9.17, 15) is 24.0 Å². The number of hydrogen-bond acceptors (Lipinski definition) is 12. The summed E-state index contributed by atoms with van der Waals surface area (Å²) < 4.78 is 26.3. The molecule has 1 fully saturated rings. The minimum atomic E-state index is -1.22. The molecule has 0 aliphatic carbocycles. The molecule has 13 nitrogen and oxygen atoms in total. The third-order valence-electron chi connectivity index (χ3n) is 4.98. The van der Waals surface area contributed by atoms with Gasteiger partial charge in [0.1, 0.15) is 18.8 Å². The van der Waals surface area contributed by atoms with Gasteiger partial charge in [-0.15, -0.1) is 0 Å². The van der Waals surface area contributed by atoms with Crippen molar-refractivity contribution >= 4 is 35.8 Å². The smallest absolute Gasteiger partial charge is 0.337 e. The second-order valence-electron chi connectivity index (χ2n) is 7.98. The summed E-state index contributed by atoms with van der Waals surface area (Å²) in [4.78, 5) is 66.7. The van der Waals surface area contributed by atoms with Crippen LogP contribution in [0, 0.1) is 0 Å². The molecule has 1 aromatic carbocycles. The van der Waals surface area contributed by atoms with Gasteiger partial charge < -0.3 is 29.0 Å². The number of aliphatic imine (C=N–C) groups is 2.